The summed E-state index contributed by atoms with van der Waals surface area (Å²) in [5.74, 6) is -2.15. The highest BCUT2D eigenvalue weighted by Gasteiger charge is 2.19. The Labute approximate surface area is 138 Å². The van der Waals surface area contributed by atoms with Gasteiger partial charge in [-0.1, -0.05) is 52.4 Å². The van der Waals surface area contributed by atoms with Crippen LogP contribution in [0.25, 0.3) is 0 Å². The van der Waals surface area contributed by atoms with Gasteiger partial charge in [-0.3, -0.25) is 0 Å². The van der Waals surface area contributed by atoms with E-state index in [2.05, 4.69) is 6.92 Å². The molecule has 4 heteroatoms. The normalized spacial score (nSPS) is 12.2. The first-order valence-corrected chi connectivity index (χ1v) is 8.74. The fourth-order valence-corrected chi connectivity index (χ4v) is 2.61. The van der Waals surface area contributed by atoms with Crippen molar-refractivity contribution in [2.24, 2.45) is 0 Å². The van der Waals surface area contributed by atoms with Crippen molar-refractivity contribution in [3.63, 3.8) is 0 Å². The molecule has 1 aromatic carbocycles. The molecule has 0 radical (unpaired) electrons. The second-order valence-electron chi connectivity index (χ2n) is 6.00. The van der Waals surface area contributed by atoms with Crippen molar-refractivity contribution in [3.8, 4) is 0 Å². The molecule has 0 heterocycles. The Morgan fingerprint density at radius 1 is 1.00 bits per heavy atom. The van der Waals surface area contributed by atoms with E-state index in [1.807, 2.05) is 6.92 Å². The molecule has 0 fully saturated rings. The van der Waals surface area contributed by atoms with E-state index in [1.54, 1.807) is 0 Å². The summed E-state index contributed by atoms with van der Waals surface area (Å²) in [6, 6.07) is 2.84. The molecule has 0 aliphatic carbocycles. The molecule has 1 aromatic rings. The molecular weight excluding hydrogens is 298 g/mol. The van der Waals surface area contributed by atoms with Crippen molar-refractivity contribution in [2.45, 2.75) is 77.7 Å². The topological polar surface area (TPSA) is 26.3 Å². The summed E-state index contributed by atoms with van der Waals surface area (Å²) < 4.78 is 32.2. The molecule has 2 nitrogen and oxygen atoms in total. The lowest BCUT2D eigenvalue weighted by molar-refractivity contribution is 0.0248. The van der Waals surface area contributed by atoms with Gasteiger partial charge in [-0.25, -0.2) is 13.6 Å². The largest absolute Gasteiger partial charge is 0.459 e. The van der Waals surface area contributed by atoms with Crippen LogP contribution in [-0.2, 0) is 4.74 Å². The number of esters is 1. The monoisotopic (exact) mass is 326 g/mol. The lowest BCUT2D eigenvalue weighted by Crippen LogP contribution is -2.19. The van der Waals surface area contributed by atoms with E-state index in [1.165, 1.54) is 25.7 Å². The van der Waals surface area contributed by atoms with Gasteiger partial charge in [0.1, 0.15) is 17.7 Å². The smallest absolute Gasteiger partial charge is 0.341 e. The van der Waals surface area contributed by atoms with Crippen LogP contribution in [0.3, 0.4) is 0 Å². The van der Waals surface area contributed by atoms with Crippen molar-refractivity contribution < 1.29 is 18.3 Å². The van der Waals surface area contributed by atoms with Gasteiger partial charge in [-0.05, 0) is 37.5 Å². The quantitative estimate of drug-likeness (QED) is 0.366. The summed E-state index contributed by atoms with van der Waals surface area (Å²) in [6.07, 6.45) is 9.21. The highest BCUT2D eigenvalue weighted by molar-refractivity contribution is 5.89. The van der Waals surface area contributed by atoms with Crippen LogP contribution in [0.15, 0.2) is 18.2 Å². The molecule has 0 spiro atoms. The van der Waals surface area contributed by atoms with Crippen LogP contribution < -0.4 is 0 Å². The molecule has 1 atom stereocenters. The minimum Gasteiger partial charge on any atom is -0.459 e. The number of unbranched alkanes of at least 4 members (excludes halogenated alkanes) is 5. The van der Waals surface area contributed by atoms with Crippen molar-refractivity contribution in [3.05, 3.63) is 35.4 Å². The van der Waals surface area contributed by atoms with E-state index < -0.39 is 17.6 Å². The van der Waals surface area contributed by atoms with E-state index >= 15 is 0 Å². The SMILES string of the molecule is CCCCCCCCC(CCC)OC(=O)c1cc(F)ccc1F. The Hall–Kier alpha value is -1.45. The first-order valence-electron chi connectivity index (χ1n) is 8.74. The van der Waals surface area contributed by atoms with Gasteiger partial charge in [0.2, 0.25) is 0 Å². The van der Waals surface area contributed by atoms with Gasteiger partial charge in [0.25, 0.3) is 0 Å². The molecule has 0 saturated carbocycles. The first kappa shape index (κ1) is 19.6. The predicted molar refractivity (Wildman–Crippen MR) is 88.5 cm³/mol. The zero-order valence-corrected chi connectivity index (χ0v) is 14.2. The second kappa shape index (κ2) is 11.1. The van der Waals surface area contributed by atoms with E-state index in [4.69, 9.17) is 4.74 Å². The van der Waals surface area contributed by atoms with Gasteiger partial charge >= 0.3 is 5.97 Å². The molecule has 0 bridgehead atoms. The lowest BCUT2D eigenvalue weighted by Gasteiger charge is -2.17. The third-order valence-corrected chi connectivity index (χ3v) is 3.91. The maximum absolute atomic E-state index is 13.6. The molecule has 23 heavy (non-hydrogen) atoms. The Morgan fingerprint density at radius 3 is 2.39 bits per heavy atom. The summed E-state index contributed by atoms with van der Waals surface area (Å²) in [4.78, 5) is 12.0. The number of ether oxygens (including phenoxy) is 1. The number of hydrogen-bond acceptors (Lipinski definition) is 2. The Kier molecular flexibility index (Phi) is 9.49. The number of carbonyl (C=O) groups is 1. The summed E-state index contributed by atoms with van der Waals surface area (Å²) in [7, 11) is 0. The van der Waals surface area contributed by atoms with Gasteiger partial charge in [0.15, 0.2) is 0 Å². The second-order valence-corrected chi connectivity index (χ2v) is 6.00. The summed E-state index contributed by atoms with van der Waals surface area (Å²) in [5, 5.41) is 0. The fraction of sp³-hybridized carbons (Fsp3) is 0.632. The van der Waals surface area contributed by atoms with Gasteiger partial charge in [-0.15, -0.1) is 0 Å². The van der Waals surface area contributed by atoms with E-state index in [0.717, 1.165) is 50.3 Å². The highest BCUT2D eigenvalue weighted by Crippen LogP contribution is 2.18. The van der Waals surface area contributed by atoms with Crippen molar-refractivity contribution in [2.75, 3.05) is 0 Å². The van der Waals surface area contributed by atoms with Gasteiger partial charge in [0.05, 0.1) is 5.56 Å². The zero-order valence-electron chi connectivity index (χ0n) is 14.2. The molecular formula is C19H28F2O2. The molecule has 0 saturated heterocycles. The van der Waals surface area contributed by atoms with Crippen LogP contribution in [-0.4, -0.2) is 12.1 Å². The van der Waals surface area contributed by atoms with E-state index in [0.29, 0.717) is 0 Å². The van der Waals surface area contributed by atoms with Crippen molar-refractivity contribution in [1.29, 1.82) is 0 Å². The van der Waals surface area contributed by atoms with Gasteiger partial charge in [-0.2, -0.15) is 0 Å². The Balaban J connectivity index is 2.47. The molecule has 0 aromatic heterocycles. The average molecular weight is 326 g/mol. The molecule has 0 aliphatic heterocycles. The third kappa shape index (κ3) is 7.58. The Morgan fingerprint density at radius 2 is 1.70 bits per heavy atom. The third-order valence-electron chi connectivity index (χ3n) is 3.91. The molecule has 1 rings (SSSR count). The molecule has 0 aliphatic rings. The minimum absolute atomic E-state index is 0.221. The Bertz CT molecular complexity index is 474. The maximum Gasteiger partial charge on any atom is 0.341 e. The van der Waals surface area contributed by atoms with Crippen LogP contribution in [0.5, 0.6) is 0 Å². The van der Waals surface area contributed by atoms with Crippen molar-refractivity contribution >= 4 is 5.97 Å². The molecule has 1 unspecified atom stereocenters. The van der Waals surface area contributed by atoms with Crippen LogP contribution >= 0.6 is 0 Å². The van der Waals surface area contributed by atoms with Gasteiger partial charge < -0.3 is 4.74 Å². The van der Waals surface area contributed by atoms with Crippen LogP contribution in [0.1, 0.15) is 82.0 Å². The van der Waals surface area contributed by atoms with E-state index in [-0.39, 0.29) is 11.7 Å². The highest BCUT2D eigenvalue weighted by atomic mass is 19.1. The first-order chi connectivity index (χ1) is 11.1. The van der Waals surface area contributed by atoms with Crippen LogP contribution in [0.2, 0.25) is 0 Å². The summed E-state index contributed by atoms with van der Waals surface area (Å²) in [6.45, 7) is 4.20. The van der Waals surface area contributed by atoms with Crippen LogP contribution in [0, 0.1) is 11.6 Å². The average Bonchev–Trinajstić information content (AvgIpc) is 2.53. The number of rotatable bonds is 11. The number of halogens is 2. The lowest BCUT2D eigenvalue weighted by atomic mass is 10.0. The zero-order chi connectivity index (χ0) is 17.1. The number of benzene rings is 1. The van der Waals surface area contributed by atoms with E-state index in [9.17, 15) is 13.6 Å². The van der Waals surface area contributed by atoms with Crippen LogP contribution in [0.4, 0.5) is 8.78 Å². The fourth-order valence-electron chi connectivity index (χ4n) is 2.61. The minimum atomic E-state index is -0.772. The maximum atomic E-state index is 13.6. The predicted octanol–water partition coefficient (Wildman–Crippen LogP) is 6.04. The standard InChI is InChI=1S/C19H28F2O2/c1-3-5-6-7-8-9-11-16(10-4-2)23-19(22)17-14-15(20)12-13-18(17)21/h12-14,16H,3-11H2,1-2H3. The molecule has 0 amide bonds. The number of hydrogen-bond donors (Lipinski definition) is 0. The molecule has 0 N–H and O–H groups in total. The van der Waals surface area contributed by atoms with Crippen molar-refractivity contribution in [1.82, 2.24) is 0 Å². The molecule has 130 valence electrons. The summed E-state index contributed by atoms with van der Waals surface area (Å²) >= 11 is 0. The summed E-state index contributed by atoms with van der Waals surface area (Å²) in [5.41, 5.74) is -0.325. The van der Waals surface area contributed by atoms with Gasteiger partial charge in [0, 0.05) is 0 Å². The number of carbonyl (C=O) groups excluding carboxylic acids is 1.